The van der Waals surface area contributed by atoms with Crippen molar-refractivity contribution in [3.8, 4) is 17.3 Å². The van der Waals surface area contributed by atoms with Gasteiger partial charge < -0.3 is 14.2 Å². The monoisotopic (exact) mass is 570 g/mol. The fraction of sp³-hybridized carbons (Fsp3) is 0.310. The molecule has 5 rings (SSSR count). The van der Waals surface area contributed by atoms with Crippen LogP contribution in [0.3, 0.4) is 0 Å². The maximum absolute atomic E-state index is 13.5. The summed E-state index contributed by atoms with van der Waals surface area (Å²) in [5, 5.41) is 4.51. The second-order valence-electron chi connectivity index (χ2n) is 9.78. The summed E-state index contributed by atoms with van der Waals surface area (Å²) in [5.74, 6) is 0.798. The van der Waals surface area contributed by atoms with Gasteiger partial charge in [0, 0.05) is 60.3 Å². The average Bonchev–Trinajstić information content (AvgIpc) is 3.39. The lowest BCUT2D eigenvalue weighted by atomic mass is 9.77. The molecule has 0 saturated carbocycles. The highest BCUT2D eigenvalue weighted by Gasteiger charge is 2.37. The van der Waals surface area contributed by atoms with Crippen LogP contribution >= 0.6 is 11.6 Å². The number of benzene rings is 2. The van der Waals surface area contributed by atoms with Crippen LogP contribution in [0.15, 0.2) is 71.4 Å². The van der Waals surface area contributed by atoms with E-state index in [1.54, 1.807) is 43.3 Å². The quantitative estimate of drug-likeness (QED) is 0.253. The van der Waals surface area contributed by atoms with E-state index in [0.717, 1.165) is 23.4 Å². The molecule has 208 valence electrons. The third-order valence-electron chi connectivity index (χ3n) is 7.14. The minimum atomic E-state index is -4.47. The molecule has 1 fully saturated rings. The van der Waals surface area contributed by atoms with Crippen LogP contribution in [0.4, 0.5) is 13.2 Å². The topological polar surface area (TPSA) is 81.4 Å². The van der Waals surface area contributed by atoms with E-state index < -0.39 is 11.7 Å². The number of hydrogen-bond donors (Lipinski definition) is 0. The van der Waals surface area contributed by atoms with E-state index in [1.807, 2.05) is 24.0 Å². The van der Waals surface area contributed by atoms with Crippen LogP contribution in [0.2, 0.25) is 5.02 Å². The standard InChI is InChI=1S/C29H26ClF3N4O3/c1-17(39-26-12-9-22(15-34-26)29(31,32)33)24-13-14-37(16-25(24)19-7-10-23(30)11-8-19)28(38)21-5-3-20(4-6-21)27-35-18(2)40-36-27/h3-12,15,17,24-25H,13-14,16H2,1-2H3/t17-,24+,25+/m0/s1. The van der Waals surface area contributed by atoms with E-state index in [2.05, 4.69) is 15.1 Å². The molecule has 1 aliphatic rings. The Hall–Kier alpha value is -3.92. The Kier molecular flexibility index (Phi) is 7.80. The minimum absolute atomic E-state index is 0.0295. The van der Waals surface area contributed by atoms with Crippen molar-refractivity contribution in [2.45, 2.75) is 38.5 Å². The average molecular weight is 571 g/mol. The van der Waals surface area contributed by atoms with Crippen molar-refractivity contribution in [3.63, 3.8) is 0 Å². The molecule has 11 heteroatoms. The molecule has 7 nitrogen and oxygen atoms in total. The number of likely N-dealkylation sites (tertiary alicyclic amines) is 1. The summed E-state index contributed by atoms with van der Waals surface area (Å²) >= 11 is 6.13. The lowest BCUT2D eigenvalue weighted by Crippen LogP contribution is -2.46. The summed E-state index contributed by atoms with van der Waals surface area (Å²) < 4.78 is 49.8. The highest BCUT2D eigenvalue weighted by molar-refractivity contribution is 6.30. The molecule has 0 bridgehead atoms. The van der Waals surface area contributed by atoms with E-state index in [9.17, 15) is 18.0 Å². The maximum Gasteiger partial charge on any atom is 0.417 e. The fourth-order valence-corrected chi connectivity index (χ4v) is 5.16. The summed E-state index contributed by atoms with van der Waals surface area (Å²) in [6, 6.07) is 16.7. The zero-order valence-corrected chi connectivity index (χ0v) is 22.5. The van der Waals surface area contributed by atoms with Crippen molar-refractivity contribution >= 4 is 17.5 Å². The molecular formula is C29H26ClF3N4O3. The van der Waals surface area contributed by atoms with E-state index >= 15 is 0 Å². The lowest BCUT2D eigenvalue weighted by molar-refractivity contribution is -0.137. The van der Waals surface area contributed by atoms with Gasteiger partial charge in [0.25, 0.3) is 5.91 Å². The van der Waals surface area contributed by atoms with Crippen LogP contribution in [0, 0.1) is 12.8 Å². The number of nitrogens with zero attached hydrogens (tertiary/aromatic N) is 4. The highest BCUT2D eigenvalue weighted by Crippen LogP contribution is 2.37. The van der Waals surface area contributed by atoms with Crippen LogP contribution in [-0.2, 0) is 6.18 Å². The first-order valence-electron chi connectivity index (χ1n) is 12.7. The normalized spacial score (nSPS) is 18.4. The smallest absolute Gasteiger partial charge is 0.417 e. The molecule has 0 N–H and O–H groups in total. The van der Waals surface area contributed by atoms with Gasteiger partial charge in [-0.3, -0.25) is 4.79 Å². The molecule has 1 aliphatic heterocycles. The van der Waals surface area contributed by atoms with Gasteiger partial charge in [0.1, 0.15) is 6.10 Å². The summed E-state index contributed by atoms with van der Waals surface area (Å²) in [4.78, 5) is 23.4. The largest absolute Gasteiger partial charge is 0.474 e. The molecule has 3 heterocycles. The van der Waals surface area contributed by atoms with Gasteiger partial charge in [0.2, 0.25) is 17.6 Å². The Morgan fingerprint density at radius 1 is 1.10 bits per heavy atom. The maximum atomic E-state index is 13.5. The number of aromatic nitrogens is 3. The van der Waals surface area contributed by atoms with Crippen molar-refractivity contribution in [2.24, 2.45) is 5.92 Å². The Bertz CT molecular complexity index is 1460. The van der Waals surface area contributed by atoms with E-state index in [0.29, 0.717) is 41.8 Å². The summed E-state index contributed by atoms with van der Waals surface area (Å²) in [7, 11) is 0. The second kappa shape index (κ2) is 11.3. The number of ether oxygens (including phenoxy) is 1. The Balaban J connectivity index is 1.33. The number of rotatable bonds is 6. The van der Waals surface area contributed by atoms with Crippen molar-refractivity contribution in [1.82, 2.24) is 20.0 Å². The number of amides is 1. The van der Waals surface area contributed by atoms with Gasteiger partial charge in [-0.05, 0) is 49.2 Å². The molecule has 3 atom stereocenters. The predicted octanol–water partition coefficient (Wildman–Crippen LogP) is 6.83. The highest BCUT2D eigenvalue weighted by atomic mass is 35.5. The van der Waals surface area contributed by atoms with Crippen LogP contribution < -0.4 is 4.74 Å². The number of halogens is 4. The minimum Gasteiger partial charge on any atom is -0.474 e. The first-order valence-corrected chi connectivity index (χ1v) is 13.1. The molecule has 1 saturated heterocycles. The molecule has 40 heavy (non-hydrogen) atoms. The number of pyridine rings is 1. The number of piperidine rings is 1. The third-order valence-corrected chi connectivity index (χ3v) is 7.39. The number of alkyl halides is 3. The summed E-state index contributed by atoms with van der Waals surface area (Å²) in [5.41, 5.74) is 1.44. The predicted molar refractivity (Wildman–Crippen MR) is 142 cm³/mol. The fourth-order valence-electron chi connectivity index (χ4n) is 5.04. The number of carbonyl (C=O) groups excluding carboxylic acids is 1. The van der Waals surface area contributed by atoms with E-state index in [1.165, 1.54) is 6.07 Å². The van der Waals surface area contributed by atoms with E-state index in [-0.39, 0.29) is 29.7 Å². The molecule has 2 aromatic heterocycles. The zero-order valence-electron chi connectivity index (χ0n) is 21.7. The first kappa shape index (κ1) is 27.6. The van der Waals surface area contributed by atoms with Gasteiger partial charge in [0.05, 0.1) is 5.56 Å². The Labute approximate surface area is 233 Å². The summed E-state index contributed by atoms with van der Waals surface area (Å²) in [6.07, 6.45) is -3.45. The molecule has 0 unspecified atom stereocenters. The van der Waals surface area contributed by atoms with Crippen LogP contribution in [0.25, 0.3) is 11.4 Å². The van der Waals surface area contributed by atoms with Gasteiger partial charge in [0.15, 0.2) is 0 Å². The number of hydrogen-bond acceptors (Lipinski definition) is 6. The SMILES string of the molecule is Cc1nc(-c2ccc(C(=O)N3CC[C@H]([C@H](C)Oc4ccc(C(F)(F)F)cn4)[C@@H](c4ccc(Cl)cc4)C3)cc2)no1. The number of carbonyl (C=O) groups is 1. The van der Waals surface area contributed by atoms with Gasteiger partial charge in [-0.15, -0.1) is 0 Å². The molecule has 2 aromatic carbocycles. The van der Waals surface area contributed by atoms with Crippen molar-refractivity contribution in [3.05, 3.63) is 94.5 Å². The summed E-state index contributed by atoms with van der Waals surface area (Å²) in [6.45, 7) is 4.52. The van der Waals surface area contributed by atoms with Crippen LogP contribution in [-0.4, -0.2) is 45.1 Å². The zero-order chi connectivity index (χ0) is 28.4. The van der Waals surface area contributed by atoms with Crippen molar-refractivity contribution < 1.29 is 27.2 Å². The third kappa shape index (κ3) is 6.12. The lowest BCUT2D eigenvalue weighted by Gasteiger charge is -2.41. The van der Waals surface area contributed by atoms with Gasteiger partial charge in [-0.25, -0.2) is 4.98 Å². The van der Waals surface area contributed by atoms with Crippen molar-refractivity contribution in [2.75, 3.05) is 13.1 Å². The van der Waals surface area contributed by atoms with E-state index in [4.69, 9.17) is 20.9 Å². The van der Waals surface area contributed by atoms with Gasteiger partial charge in [-0.2, -0.15) is 18.2 Å². The number of aryl methyl sites for hydroxylation is 1. The van der Waals surface area contributed by atoms with Crippen LogP contribution in [0.5, 0.6) is 5.88 Å². The molecular weight excluding hydrogens is 545 g/mol. The molecule has 0 radical (unpaired) electrons. The van der Waals surface area contributed by atoms with Gasteiger partial charge in [-0.1, -0.05) is 41.0 Å². The molecule has 0 aliphatic carbocycles. The molecule has 1 amide bonds. The Morgan fingerprint density at radius 3 is 2.42 bits per heavy atom. The van der Waals surface area contributed by atoms with Crippen LogP contribution in [0.1, 0.15) is 46.6 Å². The van der Waals surface area contributed by atoms with Gasteiger partial charge >= 0.3 is 6.18 Å². The first-order chi connectivity index (χ1) is 19.1. The van der Waals surface area contributed by atoms with Crippen molar-refractivity contribution in [1.29, 1.82) is 0 Å². The molecule has 0 spiro atoms. The Morgan fingerprint density at radius 2 is 1.82 bits per heavy atom. The molecule has 4 aromatic rings. The second-order valence-corrected chi connectivity index (χ2v) is 10.2.